The Kier molecular flexibility index (Phi) is 6.99. The van der Waals surface area contributed by atoms with Gasteiger partial charge in [-0.25, -0.2) is 8.78 Å². The molecule has 3 nitrogen and oxygen atoms in total. The fraction of sp³-hybridized carbons (Fsp3) is 0.556. The van der Waals surface area contributed by atoms with Crippen molar-refractivity contribution >= 4 is 0 Å². The Hall–Kier alpha value is -1.46. The highest BCUT2D eigenvalue weighted by atomic mass is 19.1. The van der Waals surface area contributed by atoms with E-state index >= 15 is 0 Å². The molecular weight excluding hydrogens is 298 g/mol. The normalized spacial score (nSPS) is 17.0. The molecule has 5 heteroatoms. The number of hydrogen-bond acceptors (Lipinski definition) is 3. The zero-order chi connectivity index (χ0) is 16.7. The second-order valence-corrected chi connectivity index (χ2v) is 5.88. The van der Waals surface area contributed by atoms with E-state index in [0.717, 1.165) is 51.9 Å². The van der Waals surface area contributed by atoms with Gasteiger partial charge in [-0.3, -0.25) is 4.90 Å². The van der Waals surface area contributed by atoms with Gasteiger partial charge < -0.3 is 10.1 Å². The number of rotatable bonds is 8. The Morgan fingerprint density at radius 1 is 1.26 bits per heavy atom. The van der Waals surface area contributed by atoms with E-state index in [2.05, 4.69) is 16.8 Å². The number of unbranched alkanes of at least 4 members (excludes halogenated alkanes) is 2. The molecule has 0 radical (unpaired) electrons. The third-order valence-corrected chi connectivity index (χ3v) is 4.35. The van der Waals surface area contributed by atoms with Crippen molar-refractivity contribution in [1.82, 2.24) is 10.2 Å². The fourth-order valence-corrected chi connectivity index (χ4v) is 3.13. The number of methoxy groups -OCH3 is 1. The summed E-state index contributed by atoms with van der Waals surface area (Å²) < 4.78 is 34.0. The zero-order valence-corrected chi connectivity index (χ0v) is 13.8. The third-order valence-electron chi connectivity index (χ3n) is 4.35. The van der Waals surface area contributed by atoms with E-state index in [9.17, 15) is 8.78 Å². The summed E-state index contributed by atoms with van der Waals surface area (Å²) in [4.78, 5) is 2.18. The summed E-state index contributed by atoms with van der Waals surface area (Å²) in [6.07, 6.45) is 5.47. The first-order chi connectivity index (χ1) is 11.2. The molecule has 0 spiro atoms. The largest absolute Gasteiger partial charge is 0.497 e. The number of allylic oxidation sites excluding steroid dienone is 1. The van der Waals surface area contributed by atoms with Crippen molar-refractivity contribution in [2.75, 3.05) is 33.3 Å². The summed E-state index contributed by atoms with van der Waals surface area (Å²) in [6, 6.07) is 2.32. The summed E-state index contributed by atoms with van der Waals surface area (Å²) >= 11 is 0. The lowest BCUT2D eigenvalue weighted by Crippen LogP contribution is -2.45. The van der Waals surface area contributed by atoms with E-state index in [1.807, 2.05) is 6.08 Å². The second kappa shape index (κ2) is 8.99. The van der Waals surface area contributed by atoms with Crippen LogP contribution in [0.3, 0.4) is 0 Å². The maximum Gasteiger partial charge on any atom is 0.134 e. The van der Waals surface area contributed by atoms with Gasteiger partial charge in [0.15, 0.2) is 0 Å². The molecule has 0 unspecified atom stereocenters. The molecule has 1 heterocycles. The number of ether oxygens (including phenoxy) is 1. The van der Waals surface area contributed by atoms with Gasteiger partial charge in [0.2, 0.25) is 0 Å². The molecule has 1 N–H and O–H groups in total. The molecule has 1 fully saturated rings. The van der Waals surface area contributed by atoms with Gasteiger partial charge in [-0.1, -0.05) is 12.5 Å². The van der Waals surface area contributed by atoms with Crippen LogP contribution in [0.2, 0.25) is 0 Å². The van der Waals surface area contributed by atoms with E-state index in [1.165, 1.54) is 19.2 Å². The molecule has 1 aromatic rings. The number of piperazine rings is 1. The average Bonchev–Trinajstić information content (AvgIpc) is 2.57. The molecule has 128 valence electrons. The van der Waals surface area contributed by atoms with Crippen molar-refractivity contribution in [3.63, 3.8) is 0 Å². The third kappa shape index (κ3) is 4.75. The highest BCUT2D eigenvalue weighted by molar-refractivity contribution is 5.32. The minimum Gasteiger partial charge on any atom is -0.497 e. The predicted molar refractivity (Wildman–Crippen MR) is 88.8 cm³/mol. The van der Waals surface area contributed by atoms with Gasteiger partial charge in [-0.15, -0.1) is 6.58 Å². The maximum atomic E-state index is 14.5. The number of benzene rings is 1. The van der Waals surface area contributed by atoms with Gasteiger partial charge >= 0.3 is 0 Å². The minimum absolute atomic E-state index is 0.173. The molecule has 0 saturated carbocycles. The van der Waals surface area contributed by atoms with Crippen molar-refractivity contribution in [3.8, 4) is 5.75 Å². The molecule has 0 amide bonds. The number of nitrogens with zero attached hydrogens (tertiary/aromatic N) is 1. The highest BCUT2D eigenvalue weighted by Gasteiger charge is 2.27. The standard InChI is InChI=1S/C18H26F2N2O/c1-3-4-5-6-7-17(22-10-8-21-9-11-22)18-15(19)12-14(23-2)13-16(18)20/h3,12-13,17,21H,1,4-11H2,2H3/t17-/m1/s1. The first-order valence-corrected chi connectivity index (χ1v) is 8.26. The lowest BCUT2D eigenvalue weighted by Gasteiger charge is -2.35. The van der Waals surface area contributed by atoms with Crippen LogP contribution in [-0.2, 0) is 0 Å². The molecule has 0 bridgehead atoms. The van der Waals surface area contributed by atoms with E-state index in [-0.39, 0.29) is 17.4 Å². The minimum atomic E-state index is -0.519. The molecule has 0 aliphatic carbocycles. The molecule has 23 heavy (non-hydrogen) atoms. The highest BCUT2D eigenvalue weighted by Crippen LogP contribution is 2.33. The second-order valence-electron chi connectivity index (χ2n) is 5.88. The molecule has 1 atom stereocenters. The summed E-state index contributed by atoms with van der Waals surface area (Å²) in [5.41, 5.74) is 0.173. The van der Waals surface area contributed by atoms with Crippen molar-refractivity contribution < 1.29 is 13.5 Å². The van der Waals surface area contributed by atoms with Crippen LogP contribution in [0, 0.1) is 11.6 Å². The van der Waals surface area contributed by atoms with Crippen molar-refractivity contribution in [1.29, 1.82) is 0 Å². The predicted octanol–water partition coefficient (Wildman–Crippen LogP) is 3.67. The maximum absolute atomic E-state index is 14.5. The van der Waals surface area contributed by atoms with Gasteiger partial charge in [0.25, 0.3) is 0 Å². The van der Waals surface area contributed by atoms with Crippen LogP contribution in [0.5, 0.6) is 5.75 Å². The van der Waals surface area contributed by atoms with Gasteiger partial charge in [0.05, 0.1) is 7.11 Å². The van der Waals surface area contributed by atoms with E-state index in [4.69, 9.17) is 4.74 Å². The van der Waals surface area contributed by atoms with E-state index < -0.39 is 11.6 Å². The molecule has 0 aromatic heterocycles. The summed E-state index contributed by atoms with van der Waals surface area (Å²) in [5.74, 6) is -0.822. The van der Waals surface area contributed by atoms with E-state index in [1.54, 1.807) is 0 Å². The van der Waals surface area contributed by atoms with Gasteiger partial charge in [-0.05, 0) is 19.3 Å². The Bertz CT molecular complexity index is 493. The zero-order valence-electron chi connectivity index (χ0n) is 13.8. The van der Waals surface area contributed by atoms with Crippen LogP contribution < -0.4 is 10.1 Å². The van der Waals surface area contributed by atoms with Gasteiger partial charge in [0.1, 0.15) is 17.4 Å². The van der Waals surface area contributed by atoms with Gasteiger partial charge in [0, 0.05) is 49.9 Å². The Morgan fingerprint density at radius 2 is 1.91 bits per heavy atom. The summed E-state index contributed by atoms with van der Waals surface area (Å²) in [5, 5.41) is 3.28. The van der Waals surface area contributed by atoms with Crippen molar-refractivity contribution in [2.45, 2.75) is 31.7 Å². The molecule has 1 aromatic carbocycles. The number of nitrogens with one attached hydrogen (secondary N) is 1. The average molecular weight is 324 g/mol. The molecule has 1 aliphatic rings. The van der Waals surface area contributed by atoms with Crippen LogP contribution in [0.25, 0.3) is 0 Å². The Balaban J connectivity index is 2.22. The van der Waals surface area contributed by atoms with Crippen molar-refractivity contribution in [2.24, 2.45) is 0 Å². The molecule has 1 aliphatic heterocycles. The first-order valence-electron chi connectivity index (χ1n) is 8.26. The van der Waals surface area contributed by atoms with Crippen molar-refractivity contribution in [3.05, 3.63) is 42.0 Å². The van der Waals surface area contributed by atoms with Crippen LogP contribution in [-0.4, -0.2) is 38.2 Å². The monoisotopic (exact) mass is 324 g/mol. The first kappa shape index (κ1) is 17.9. The molecule has 1 saturated heterocycles. The van der Waals surface area contributed by atoms with Crippen LogP contribution in [0.15, 0.2) is 24.8 Å². The lowest BCUT2D eigenvalue weighted by atomic mass is 9.96. The Labute approximate surface area is 137 Å². The molecular formula is C18H26F2N2O. The Morgan fingerprint density at radius 3 is 2.48 bits per heavy atom. The van der Waals surface area contributed by atoms with Crippen LogP contribution in [0.4, 0.5) is 8.78 Å². The fourth-order valence-electron chi connectivity index (χ4n) is 3.13. The SMILES string of the molecule is C=CCCCC[C@H](c1c(F)cc(OC)cc1F)N1CCNCC1. The number of hydrogen-bond donors (Lipinski definition) is 1. The molecule has 2 rings (SSSR count). The van der Waals surface area contributed by atoms with Crippen LogP contribution in [0.1, 0.15) is 37.3 Å². The smallest absolute Gasteiger partial charge is 0.134 e. The number of halogens is 2. The lowest BCUT2D eigenvalue weighted by molar-refractivity contribution is 0.156. The summed E-state index contributed by atoms with van der Waals surface area (Å²) in [7, 11) is 1.41. The van der Waals surface area contributed by atoms with Gasteiger partial charge in [-0.2, -0.15) is 0 Å². The topological polar surface area (TPSA) is 24.5 Å². The van der Waals surface area contributed by atoms with Crippen LogP contribution >= 0.6 is 0 Å². The summed E-state index contributed by atoms with van der Waals surface area (Å²) in [6.45, 7) is 7.02. The quantitative estimate of drug-likeness (QED) is 0.583. The van der Waals surface area contributed by atoms with E-state index in [0.29, 0.717) is 0 Å².